The van der Waals surface area contributed by atoms with Crippen LogP contribution in [0.5, 0.6) is 5.75 Å². The molecular formula is C23H19N3O2. The van der Waals surface area contributed by atoms with Crippen LogP contribution in [0.25, 0.3) is 22.7 Å². The second-order valence-corrected chi connectivity index (χ2v) is 6.44. The van der Waals surface area contributed by atoms with E-state index in [0.29, 0.717) is 5.75 Å². The fourth-order valence-corrected chi connectivity index (χ4v) is 3.14. The zero-order valence-electron chi connectivity index (χ0n) is 15.7. The minimum atomic E-state index is -0.436. The Kier molecular flexibility index (Phi) is 4.72. The molecule has 4 rings (SSSR count). The van der Waals surface area contributed by atoms with Crippen molar-refractivity contribution in [1.29, 1.82) is 0 Å². The van der Waals surface area contributed by atoms with E-state index in [-0.39, 0.29) is 0 Å². The van der Waals surface area contributed by atoms with Crippen molar-refractivity contribution in [3.63, 3.8) is 0 Å². The summed E-state index contributed by atoms with van der Waals surface area (Å²) in [5.74, 6) is 0.0538. The number of aryl methyl sites for hydroxylation is 1. The molecule has 0 N–H and O–H groups in total. The van der Waals surface area contributed by atoms with E-state index in [0.717, 1.165) is 33.5 Å². The highest BCUT2D eigenvalue weighted by atomic mass is 16.5. The average molecular weight is 369 g/mol. The van der Waals surface area contributed by atoms with E-state index >= 15 is 0 Å². The number of rotatable bonds is 4. The van der Waals surface area contributed by atoms with E-state index in [1.807, 2.05) is 67.1 Å². The Morgan fingerprint density at radius 1 is 1.04 bits per heavy atom. The van der Waals surface area contributed by atoms with Crippen molar-refractivity contribution in [3.8, 4) is 11.4 Å². The minimum absolute atomic E-state index is 0.436. The molecule has 5 nitrogen and oxygen atoms in total. The third kappa shape index (κ3) is 3.55. The lowest BCUT2D eigenvalue weighted by Crippen LogP contribution is -2.03. The van der Waals surface area contributed by atoms with Gasteiger partial charge < -0.3 is 4.74 Å². The number of para-hydroxylation sites is 1. The van der Waals surface area contributed by atoms with Crippen LogP contribution in [-0.4, -0.2) is 20.7 Å². The molecule has 28 heavy (non-hydrogen) atoms. The normalized spacial score (nSPS) is 11.2. The lowest BCUT2D eigenvalue weighted by molar-refractivity contribution is -0.128. The second kappa shape index (κ2) is 7.48. The molecule has 0 atom stereocenters. The van der Waals surface area contributed by atoms with Crippen LogP contribution in [0, 0.1) is 13.8 Å². The molecular weight excluding hydrogens is 350 g/mol. The van der Waals surface area contributed by atoms with Crippen molar-refractivity contribution in [1.82, 2.24) is 14.8 Å². The van der Waals surface area contributed by atoms with Crippen LogP contribution < -0.4 is 4.74 Å². The first kappa shape index (κ1) is 17.7. The molecule has 138 valence electrons. The summed E-state index contributed by atoms with van der Waals surface area (Å²) in [4.78, 5) is 16.5. The summed E-state index contributed by atoms with van der Waals surface area (Å²) in [7, 11) is 0. The lowest BCUT2D eigenvalue weighted by atomic mass is 10.2. The maximum Gasteiger partial charge on any atom is 0.336 e. The van der Waals surface area contributed by atoms with Crippen LogP contribution >= 0.6 is 0 Å². The number of hydrogen-bond acceptors (Lipinski definition) is 4. The number of ether oxygens (including phenoxy) is 1. The molecule has 2 heterocycles. The summed E-state index contributed by atoms with van der Waals surface area (Å²) in [6, 6.07) is 19.1. The molecule has 0 aliphatic heterocycles. The maximum atomic E-state index is 12.3. The number of benzene rings is 2. The van der Waals surface area contributed by atoms with Gasteiger partial charge in [0.25, 0.3) is 0 Å². The van der Waals surface area contributed by atoms with Gasteiger partial charge in [-0.1, -0.05) is 24.3 Å². The van der Waals surface area contributed by atoms with Gasteiger partial charge in [0.2, 0.25) is 0 Å². The second-order valence-electron chi connectivity index (χ2n) is 6.44. The molecule has 0 bridgehead atoms. The third-order valence-electron chi connectivity index (χ3n) is 4.53. The Morgan fingerprint density at radius 2 is 1.86 bits per heavy atom. The number of carbonyl (C=O) groups is 1. The van der Waals surface area contributed by atoms with Gasteiger partial charge in [-0.15, -0.1) is 0 Å². The number of carbonyl (C=O) groups excluding carboxylic acids is 1. The molecule has 5 heteroatoms. The number of nitrogens with zero attached hydrogens (tertiary/aromatic N) is 3. The Morgan fingerprint density at radius 3 is 2.68 bits per heavy atom. The van der Waals surface area contributed by atoms with Gasteiger partial charge in [-0.2, -0.15) is 5.10 Å². The zero-order chi connectivity index (χ0) is 19.5. The summed E-state index contributed by atoms with van der Waals surface area (Å²) in [5.41, 5.74) is 4.56. The van der Waals surface area contributed by atoms with Crippen molar-refractivity contribution < 1.29 is 9.53 Å². The number of hydrogen-bond donors (Lipinski definition) is 0. The molecule has 0 amide bonds. The molecule has 0 unspecified atom stereocenters. The highest BCUT2D eigenvalue weighted by molar-refractivity contribution is 5.90. The highest BCUT2D eigenvalue weighted by Gasteiger charge is 2.11. The van der Waals surface area contributed by atoms with Gasteiger partial charge in [-0.05, 0) is 56.3 Å². The molecule has 0 fully saturated rings. The van der Waals surface area contributed by atoms with Gasteiger partial charge in [0.15, 0.2) is 0 Å². The summed E-state index contributed by atoms with van der Waals surface area (Å²) in [5, 5.41) is 5.51. The van der Waals surface area contributed by atoms with E-state index in [1.54, 1.807) is 24.4 Å². The van der Waals surface area contributed by atoms with E-state index in [9.17, 15) is 4.79 Å². The molecule has 0 aliphatic carbocycles. The predicted octanol–water partition coefficient (Wildman–Crippen LogP) is 4.66. The van der Waals surface area contributed by atoms with Gasteiger partial charge in [0, 0.05) is 28.9 Å². The first-order valence-electron chi connectivity index (χ1n) is 8.98. The summed E-state index contributed by atoms with van der Waals surface area (Å²) < 4.78 is 7.31. The van der Waals surface area contributed by atoms with Gasteiger partial charge in [0.1, 0.15) is 5.75 Å². The Hall–Kier alpha value is -3.73. The van der Waals surface area contributed by atoms with Crippen molar-refractivity contribution in [2.75, 3.05) is 0 Å². The van der Waals surface area contributed by atoms with Crippen LogP contribution in [0.1, 0.15) is 17.0 Å². The number of esters is 1. The van der Waals surface area contributed by atoms with E-state index in [4.69, 9.17) is 4.74 Å². The van der Waals surface area contributed by atoms with Crippen molar-refractivity contribution >= 4 is 22.9 Å². The van der Waals surface area contributed by atoms with Gasteiger partial charge in [-0.25, -0.2) is 9.48 Å². The van der Waals surface area contributed by atoms with Gasteiger partial charge in [0.05, 0.1) is 16.9 Å². The van der Waals surface area contributed by atoms with Crippen LogP contribution in [0.2, 0.25) is 0 Å². The summed E-state index contributed by atoms with van der Waals surface area (Å²) >= 11 is 0. The standard InChI is InChI=1S/C23H19N3O2/c1-16-21(17(2)26(25-16)19-8-4-3-5-9-19)11-13-23(27)28-20-10-12-22-18(15-20)7-6-14-24-22/h3-15H,1-2H3/b13-11+. The fourth-order valence-electron chi connectivity index (χ4n) is 3.14. The summed E-state index contributed by atoms with van der Waals surface area (Å²) in [6.45, 7) is 3.90. The molecule has 0 saturated heterocycles. The largest absolute Gasteiger partial charge is 0.423 e. The molecule has 0 spiro atoms. The van der Waals surface area contributed by atoms with Crippen molar-refractivity contribution in [3.05, 3.63) is 89.9 Å². The molecule has 0 saturated carbocycles. The number of aromatic nitrogens is 3. The van der Waals surface area contributed by atoms with E-state index in [2.05, 4.69) is 10.1 Å². The first-order valence-corrected chi connectivity index (χ1v) is 8.98. The van der Waals surface area contributed by atoms with Crippen molar-refractivity contribution in [2.24, 2.45) is 0 Å². The monoisotopic (exact) mass is 369 g/mol. The van der Waals surface area contributed by atoms with E-state index in [1.165, 1.54) is 6.08 Å². The lowest BCUT2D eigenvalue weighted by Gasteiger charge is -2.04. The molecule has 2 aromatic heterocycles. The Bertz CT molecular complexity index is 1180. The Labute approximate surface area is 162 Å². The first-order chi connectivity index (χ1) is 13.6. The average Bonchev–Trinajstić information content (AvgIpc) is 3.00. The van der Waals surface area contributed by atoms with Gasteiger partial charge in [-0.3, -0.25) is 4.98 Å². The fraction of sp³-hybridized carbons (Fsp3) is 0.0870. The Balaban J connectivity index is 1.53. The van der Waals surface area contributed by atoms with Crippen LogP contribution in [0.4, 0.5) is 0 Å². The van der Waals surface area contributed by atoms with Crippen molar-refractivity contribution in [2.45, 2.75) is 13.8 Å². The van der Waals surface area contributed by atoms with Gasteiger partial charge >= 0.3 is 5.97 Å². The third-order valence-corrected chi connectivity index (χ3v) is 4.53. The topological polar surface area (TPSA) is 57.0 Å². The highest BCUT2D eigenvalue weighted by Crippen LogP contribution is 2.21. The number of fused-ring (bicyclic) bond motifs is 1. The molecule has 0 aliphatic rings. The number of pyridine rings is 1. The summed E-state index contributed by atoms with van der Waals surface area (Å²) in [6.07, 6.45) is 4.92. The van der Waals surface area contributed by atoms with Crippen LogP contribution in [0.15, 0.2) is 72.9 Å². The molecule has 4 aromatic rings. The van der Waals surface area contributed by atoms with E-state index < -0.39 is 5.97 Å². The predicted molar refractivity (Wildman–Crippen MR) is 109 cm³/mol. The smallest absolute Gasteiger partial charge is 0.336 e. The molecule has 2 aromatic carbocycles. The minimum Gasteiger partial charge on any atom is -0.423 e. The molecule has 0 radical (unpaired) electrons. The van der Waals surface area contributed by atoms with Crippen LogP contribution in [-0.2, 0) is 4.79 Å². The quantitative estimate of drug-likeness (QED) is 0.298. The SMILES string of the molecule is Cc1nn(-c2ccccc2)c(C)c1/C=C/C(=O)Oc1ccc2ncccc2c1. The maximum absolute atomic E-state index is 12.3. The van der Waals surface area contributed by atoms with Crippen LogP contribution in [0.3, 0.4) is 0 Å². The zero-order valence-corrected chi connectivity index (χ0v) is 15.7.